The number of carbonyl (C=O) groups is 1. The van der Waals surface area contributed by atoms with Crippen LogP contribution in [-0.4, -0.2) is 26.1 Å². The summed E-state index contributed by atoms with van der Waals surface area (Å²) in [7, 11) is 0.957. The fraction of sp³-hybridized carbons (Fsp3) is 0.231. The lowest BCUT2D eigenvalue weighted by Crippen LogP contribution is -2.40. The third kappa shape index (κ3) is 5.33. The van der Waals surface area contributed by atoms with Crippen LogP contribution in [0.15, 0.2) is 52.1 Å². The first kappa shape index (κ1) is 26.7. The van der Waals surface area contributed by atoms with Gasteiger partial charge in [-0.25, -0.2) is 14.2 Å². The molecule has 0 aliphatic carbocycles. The lowest BCUT2D eigenvalue weighted by atomic mass is 10.0. The summed E-state index contributed by atoms with van der Waals surface area (Å²) in [5.74, 6) is 2.34. The summed E-state index contributed by atoms with van der Waals surface area (Å²) >= 11 is 1.17. The summed E-state index contributed by atoms with van der Waals surface area (Å²) < 4.78 is 56.3. The van der Waals surface area contributed by atoms with E-state index in [4.69, 9.17) is 9.47 Å². The SMILES string of the molecule is CCC#COC(=O)COc1ccc(C)c(-c2nsc3ccc(-n4c(=O)cc(C(F)(F)F)n(C)c4=O)cc23)c1. The molecule has 4 rings (SSSR count). The van der Waals surface area contributed by atoms with Gasteiger partial charge in [-0.1, -0.05) is 18.9 Å². The number of halogens is 3. The fourth-order valence-corrected chi connectivity index (χ4v) is 4.45. The zero-order chi connectivity index (χ0) is 27.6. The Balaban J connectivity index is 1.74. The van der Waals surface area contributed by atoms with E-state index in [-0.39, 0.29) is 12.3 Å². The van der Waals surface area contributed by atoms with Gasteiger partial charge >= 0.3 is 17.8 Å². The van der Waals surface area contributed by atoms with E-state index >= 15 is 0 Å². The van der Waals surface area contributed by atoms with Crippen molar-refractivity contribution < 1.29 is 27.4 Å². The summed E-state index contributed by atoms with van der Waals surface area (Å²) in [6.45, 7) is 3.31. The van der Waals surface area contributed by atoms with Crippen molar-refractivity contribution in [1.82, 2.24) is 13.5 Å². The zero-order valence-electron chi connectivity index (χ0n) is 20.4. The highest BCUT2D eigenvalue weighted by atomic mass is 32.1. The number of hydrogen-bond donors (Lipinski definition) is 0. The predicted molar refractivity (Wildman–Crippen MR) is 135 cm³/mol. The van der Waals surface area contributed by atoms with Gasteiger partial charge in [0.1, 0.15) is 17.5 Å². The molecule has 2 aromatic heterocycles. The smallest absolute Gasteiger partial charge is 0.431 e. The Morgan fingerprint density at radius 1 is 1.13 bits per heavy atom. The molecule has 12 heteroatoms. The van der Waals surface area contributed by atoms with E-state index in [1.165, 1.54) is 23.7 Å². The molecule has 4 aromatic rings. The molecule has 0 saturated heterocycles. The van der Waals surface area contributed by atoms with Crippen molar-refractivity contribution >= 4 is 27.6 Å². The average Bonchev–Trinajstić information content (AvgIpc) is 3.28. The van der Waals surface area contributed by atoms with Crippen molar-refractivity contribution in [2.75, 3.05) is 6.61 Å². The molecule has 0 spiro atoms. The number of esters is 1. The van der Waals surface area contributed by atoms with E-state index in [0.29, 0.717) is 44.0 Å². The zero-order valence-corrected chi connectivity index (χ0v) is 21.2. The molecule has 0 saturated carbocycles. The van der Waals surface area contributed by atoms with Gasteiger partial charge in [-0.2, -0.15) is 17.5 Å². The molecule has 0 unspecified atom stereocenters. The van der Waals surface area contributed by atoms with Crippen LogP contribution in [0.3, 0.4) is 0 Å². The van der Waals surface area contributed by atoms with Gasteiger partial charge in [0.25, 0.3) is 5.56 Å². The second kappa shape index (κ2) is 10.5. The van der Waals surface area contributed by atoms with Gasteiger partial charge in [-0.05, 0) is 54.4 Å². The topological polar surface area (TPSA) is 92.4 Å². The summed E-state index contributed by atoms with van der Waals surface area (Å²) in [5, 5.41) is 0.579. The number of ether oxygens (including phenoxy) is 2. The maximum Gasteiger partial charge on any atom is 0.431 e. The van der Waals surface area contributed by atoms with Gasteiger partial charge < -0.3 is 9.47 Å². The highest BCUT2D eigenvalue weighted by Gasteiger charge is 2.35. The van der Waals surface area contributed by atoms with Crippen LogP contribution in [0, 0.1) is 19.0 Å². The second-order valence-corrected chi connectivity index (χ2v) is 8.93. The van der Waals surface area contributed by atoms with E-state index < -0.39 is 29.1 Å². The molecule has 0 fully saturated rings. The molecule has 38 heavy (non-hydrogen) atoms. The van der Waals surface area contributed by atoms with Gasteiger partial charge in [-0.15, -0.1) is 0 Å². The summed E-state index contributed by atoms with van der Waals surface area (Å²) in [6, 6.07) is 10.2. The fourth-order valence-electron chi connectivity index (χ4n) is 3.68. The van der Waals surface area contributed by atoms with E-state index in [9.17, 15) is 27.6 Å². The molecule has 2 heterocycles. The van der Waals surface area contributed by atoms with Gasteiger partial charge in [-0.3, -0.25) is 9.36 Å². The number of alkyl halides is 3. The highest BCUT2D eigenvalue weighted by molar-refractivity contribution is 7.13. The van der Waals surface area contributed by atoms with Crippen molar-refractivity contribution in [3.8, 4) is 34.7 Å². The Morgan fingerprint density at radius 3 is 2.61 bits per heavy atom. The van der Waals surface area contributed by atoms with E-state index in [1.807, 2.05) is 13.8 Å². The highest BCUT2D eigenvalue weighted by Crippen LogP contribution is 2.35. The van der Waals surface area contributed by atoms with Crippen molar-refractivity contribution in [2.24, 2.45) is 7.05 Å². The molecule has 0 amide bonds. The van der Waals surface area contributed by atoms with Gasteiger partial charge in [0, 0.05) is 30.5 Å². The monoisotopic (exact) mass is 543 g/mol. The van der Waals surface area contributed by atoms with Crippen LogP contribution < -0.4 is 16.0 Å². The lowest BCUT2D eigenvalue weighted by Gasteiger charge is -2.14. The van der Waals surface area contributed by atoms with Crippen LogP contribution in [0.25, 0.3) is 27.0 Å². The third-order valence-electron chi connectivity index (χ3n) is 5.56. The number of carbonyl (C=O) groups excluding carboxylic acids is 1. The number of nitrogens with zero attached hydrogens (tertiary/aromatic N) is 3. The molecule has 0 bridgehead atoms. The Kier molecular flexibility index (Phi) is 7.41. The number of aromatic nitrogens is 3. The average molecular weight is 544 g/mol. The minimum absolute atomic E-state index is 0.0965. The third-order valence-corrected chi connectivity index (χ3v) is 6.38. The standard InChI is InChI=1S/C26H20F3N3O5S/c1-4-5-10-36-23(34)14-37-17-8-6-15(2)18(12-17)24-19-11-16(7-9-20(19)38-30-24)32-22(33)13-21(26(27,28)29)31(3)25(32)35/h6-9,11-13H,4,14H2,1-3H3. The van der Waals surface area contributed by atoms with Crippen molar-refractivity contribution in [1.29, 1.82) is 0 Å². The molecule has 2 aromatic carbocycles. The molecule has 8 nitrogen and oxygen atoms in total. The molecule has 0 atom stereocenters. The maximum absolute atomic E-state index is 13.2. The van der Waals surface area contributed by atoms with Crippen molar-refractivity contribution in [2.45, 2.75) is 26.4 Å². The molecule has 0 aliphatic heterocycles. The van der Waals surface area contributed by atoms with Gasteiger partial charge in [0.2, 0.25) is 0 Å². The van der Waals surface area contributed by atoms with Crippen LogP contribution in [0.4, 0.5) is 13.2 Å². The van der Waals surface area contributed by atoms with E-state index in [0.717, 1.165) is 17.3 Å². The first-order chi connectivity index (χ1) is 18.0. The number of hydrogen-bond acceptors (Lipinski definition) is 7. The largest absolute Gasteiger partial charge is 0.482 e. The first-order valence-electron chi connectivity index (χ1n) is 11.2. The Bertz CT molecular complexity index is 1720. The number of fused-ring (bicyclic) bond motifs is 1. The van der Waals surface area contributed by atoms with Gasteiger partial charge in [0.05, 0.1) is 16.1 Å². The van der Waals surface area contributed by atoms with Crippen molar-refractivity contribution in [3.63, 3.8) is 0 Å². The Labute approximate surface area is 218 Å². The van der Waals surface area contributed by atoms with Crippen LogP contribution >= 0.6 is 11.5 Å². The lowest BCUT2D eigenvalue weighted by molar-refractivity contribution is -0.144. The van der Waals surface area contributed by atoms with Crippen LogP contribution in [0.5, 0.6) is 5.75 Å². The molecule has 0 N–H and O–H groups in total. The molecule has 0 radical (unpaired) electrons. The van der Waals surface area contributed by atoms with Crippen LogP contribution in [-0.2, 0) is 22.8 Å². The first-order valence-corrected chi connectivity index (χ1v) is 12.0. The predicted octanol–water partition coefficient (Wildman–Crippen LogP) is 4.43. The second-order valence-electron chi connectivity index (χ2n) is 8.13. The molecular formula is C26H20F3N3O5S. The van der Waals surface area contributed by atoms with Crippen LogP contribution in [0.2, 0.25) is 0 Å². The quantitative estimate of drug-likeness (QED) is 0.273. The van der Waals surface area contributed by atoms with Crippen molar-refractivity contribution in [3.05, 3.63) is 74.6 Å². The normalized spacial score (nSPS) is 11.2. The molecular weight excluding hydrogens is 523 g/mol. The van der Waals surface area contributed by atoms with E-state index in [2.05, 4.69) is 16.4 Å². The number of benzene rings is 2. The van der Waals surface area contributed by atoms with E-state index in [1.54, 1.807) is 24.3 Å². The van der Waals surface area contributed by atoms with Gasteiger partial charge in [0.15, 0.2) is 6.61 Å². The summed E-state index contributed by atoms with van der Waals surface area (Å²) in [5.41, 5.74) is -1.46. The molecule has 0 aliphatic rings. The Hall–Kier alpha value is -4.37. The number of rotatable bonds is 5. The number of aryl methyl sites for hydroxylation is 1. The summed E-state index contributed by atoms with van der Waals surface area (Å²) in [4.78, 5) is 37.1. The minimum atomic E-state index is -4.86. The summed E-state index contributed by atoms with van der Waals surface area (Å²) in [6.07, 6.45) is -2.03. The Morgan fingerprint density at radius 2 is 1.89 bits per heavy atom. The molecule has 196 valence electrons. The minimum Gasteiger partial charge on any atom is -0.482 e. The maximum atomic E-state index is 13.2. The van der Waals surface area contributed by atoms with Crippen LogP contribution in [0.1, 0.15) is 24.6 Å².